The van der Waals surface area contributed by atoms with Crippen molar-refractivity contribution in [2.75, 3.05) is 18.8 Å². The zero-order valence-electron chi connectivity index (χ0n) is 11.2. The fourth-order valence-corrected chi connectivity index (χ4v) is 3.29. The molecule has 1 heterocycles. The second kappa shape index (κ2) is 7.10. The molecule has 0 atom stereocenters. The number of hydrogen-bond acceptors (Lipinski definition) is 4. The maximum absolute atomic E-state index is 11.5. The van der Waals surface area contributed by atoms with E-state index in [4.69, 9.17) is 0 Å². The molecule has 1 aliphatic heterocycles. The van der Waals surface area contributed by atoms with Crippen LogP contribution in [-0.2, 0) is 9.59 Å². The maximum Gasteiger partial charge on any atom is 0.166 e. The van der Waals surface area contributed by atoms with Crippen LogP contribution in [0.3, 0.4) is 0 Å². The van der Waals surface area contributed by atoms with Gasteiger partial charge >= 0.3 is 0 Å². The topological polar surface area (TPSA) is 37.4 Å². The zero-order chi connectivity index (χ0) is 14.4. The monoisotopic (exact) mass is 287 g/mol. The molecule has 1 aromatic carbocycles. The molecule has 0 N–H and O–H groups in total. The lowest BCUT2D eigenvalue weighted by molar-refractivity contribution is -0.107. The fourth-order valence-electron chi connectivity index (χ4n) is 2.25. The van der Waals surface area contributed by atoms with Gasteiger partial charge in [0.2, 0.25) is 0 Å². The first-order chi connectivity index (χ1) is 9.81. The molecule has 20 heavy (non-hydrogen) atoms. The summed E-state index contributed by atoms with van der Waals surface area (Å²) in [7, 11) is 0. The molecule has 1 aromatic rings. The Bertz CT molecular complexity index is 551. The minimum Gasteiger partial charge on any atom is -0.367 e. The maximum atomic E-state index is 11.5. The molecule has 2 rings (SSSR count). The number of thioether (sulfide) groups is 1. The lowest BCUT2D eigenvalue weighted by Gasteiger charge is -2.28. The van der Waals surface area contributed by atoms with Crippen LogP contribution >= 0.6 is 11.8 Å². The summed E-state index contributed by atoms with van der Waals surface area (Å²) in [6, 6.07) is 7.73. The quantitative estimate of drug-likeness (QED) is 0.616. The summed E-state index contributed by atoms with van der Waals surface area (Å²) in [5.41, 5.74) is 1.80. The van der Waals surface area contributed by atoms with E-state index in [1.165, 1.54) is 0 Å². The summed E-state index contributed by atoms with van der Waals surface area (Å²) in [6.45, 7) is 5.16. The predicted octanol–water partition coefficient (Wildman–Crippen LogP) is 2.78. The summed E-state index contributed by atoms with van der Waals surface area (Å²) >= 11 is 1.72. The molecule has 0 aromatic heterocycles. The Morgan fingerprint density at radius 3 is 2.75 bits per heavy atom. The van der Waals surface area contributed by atoms with Gasteiger partial charge in [-0.1, -0.05) is 24.3 Å². The van der Waals surface area contributed by atoms with Crippen molar-refractivity contribution in [1.82, 2.24) is 4.90 Å². The summed E-state index contributed by atoms with van der Waals surface area (Å²) in [6.07, 6.45) is 4.19. The normalized spacial score (nSPS) is 18.7. The fraction of sp³-hybridized carbons (Fsp3) is 0.250. The smallest absolute Gasteiger partial charge is 0.166 e. The van der Waals surface area contributed by atoms with Gasteiger partial charge in [0.05, 0.1) is 5.70 Å². The highest BCUT2D eigenvalue weighted by Gasteiger charge is 2.20. The van der Waals surface area contributed by atoms with Crippen molar-refractivity contribution in [3.8, 4) is 0 Å². The molecule has 0 amide bonds. The summed E-state index contributed by atoms with van der Waals surface area (Å²) in [5.74, 6) is 0.887. The molecule has 104 valence electrons. The zero-order valence-corrected chi connectivity index (χ0v) is 12.1. The standard InChI is InChI=1S/C16H17NO2S/c1-2-3-8-17-9-10-20-16-7-5-4-6-13(16)14(11-18)15(17)12-19/h2,4-7,11-12H,1,3,8-10H2/b15-14-. The SMILES string of the molecule is C=CCCN1CCSc2ccccc2/C(C=O)=C\1C=O. The highest BCUT2D eigenvalue weighted by Crippen LogP contribution is 2.32. The van der Waals surface area contributed by atoms with Gasteiger partial charge in [-0.2, -0.15) is 0 Å². The summed E-state index contributed by atoms with van der Waals surface area (Å²) in [4.78, 5) is 26.0. The van der Waals surface area contributed by atoms with Crippen LogP contribution in [-0.4, -0.2) is 36.3 Å². The predicted molar refractivity (Wildman–Crippen MR) is 82.6 cm³/mol. The minimum atomic E-state index is 0.479. The highest BCUT2D eigenvalue weighted by atomic mass is 32.2. The molecule has 0 spiro atoms. The van der Waals surface area contributed by atoms with E-state index in [-0.39, 0.29) is 0 Å². The molecule has 0 aliphatic carbocycles. The van der Waals surface area contributed by atoms with Crippen molar-refractivity contribution in [3.63, 3.8) is 0 Å². The van der Waals surface area contributed by atoms with Crippen LogP contribution < -0.4 is 0 Å². The van der Waals surface area contributed by atoms with Gasteiger partial charge < -0.3 is 4.90 Å². The van der Waals surface area contributed by atoms with E-state index < -0.39 is 0 Å². The molecule has 4 heteroatoms. The van der Waals surface area contributed by atoms with Gasteiger partial charge in [0.15, 0.2) is 12.6 Å². The summed E-state index contributed by atoms with van der Waals surface area (Å²) in [5, 5.41) is 0. The van der Waals surface area contributed by atoms with Crippen molar-refractivity contribution >= 4 is 29.9 Å². The molecule has 0 saturated carbocycles. The molecule has 3 nitrogen and oxygen atoms in total. The average Bonchev–Trinajstić information content (AvgIpc) is 2.47. The number of carbonyl (C=O) groups excluding carboxylic acids is 2. The third kappa shape index (κ3) is 3.02. The molecule has 0 radical (unpaired) electrons. The van der Waals surface area contributed by atoms with Crippen molar-refractivity contribution < 1.29 is 9.59 Å². The first-order valence-corrected chi connectivity index (χ1v) is 7.53. The van der Waals surface area contributed by atoms with E-state index >= 15 is 0 Å². The van der Waals surface area contributed by atoms with Gasteiger partial charge in [0.1, 0.15) is 0 Å². The van der Waals surface area contributed by atoms with Crippen LogP contribution in [0, 0.1) is 0 Å². The Balaban J connectivity index is 2.52. The number of carbonyl (C=O) groups is 2. The average molecular weight is 287 g/mol. The summed E-state index contributed by atoms with van der Waals surface area (Å²) < 4.78 is 0. The van der Waals surface area contributed by atoms with Gasteiger partial charge in [-0.15, -0.1) is 18.3 Å². The van der Waals surface area contributed by atoms with E-state index in [0.29, 0.717) is 17.8 Å². The Hall–Kier alpha value is -1.81. The highest BCUT2D eigenvalue weighted by molar-refractivity contribution is 7.99. The minimum absolute atomic E-state index is 0.479. The third-order valence-electron chi connectivity index (χ3n) is 3.25. The number of benzene rings is 1. The lowest BCUT2D eigenvalue weighted by Crippen LogP contribution is -2.29. The number of rotatable bonds is 5. The number of allylic oxidation sites excluding steroid dienone is 2. The molecular formula is C16H17NO2S. The van der Waals surface area contributed by atoms with Crippen molar-refractivity contribution in [1.29, 1.82) is 0 Å². The van der Waals surface area contributed by atoms with E-state index in [1.807, 2.05) is 35.2 Å². The number of nitrogens with zero attached hydrogens (tertiary/aromatic N) is 1. The van der Waals surface area contributed by atoms with Crippen molar-refractivity contribution in [2.45, 2.75) is 11.3 Å². The first kappa shape index (κ1) is 14.6. The molecule has 0 bridgehead atoms. The van der Waals surface area contributed by atoms with Crippen molar-refractivity contribution in [2.24, 2.45) is 0 Å². The largest absolute Gasteiger partial charge is 0.367 e. The van der Waals surface area contributed by atoms with Gasteiger partial charge in [0.25, 0.3) is 0 Å². The second-order valence-electron chi connectivity index (χ2n) is 4.44. The molecule has 1 aliphatic rings. The molecule has 0 saturated heterocycles. The Kier molecular flexibility index (Phi) is 5.18. The van der Waals surface area contributed by atoms with E-state index in [2.05, 4.69) is 6.58 Å². The van der Waals surface area contributed by atoms with Gasteiger partial charge in [-0.05, 0) is 12.5 Å². The van der Waals surface area contributed by atoms with Gasteiger partial charge in [-0.3, -0.25) is 9.59 Å². The van der Waals surface area contributed by atoms with Crippen LogP contribution in [0.4, 0.5) is 0 Å². The van der Waals surface area contributed by atoms with Crippen LogP contribution in [0.5, 0.6) is 0 Å². The Labute approximate surface area is 123 Å². The molecular weight excluding hydrogens is 270 g/mol. The number of hydrogen-bond donors (Lipinski definition) is 0. The van der Waals surface area contributed by atoms with Crippen LogP contribution in [0.1, 0.15) is 12.0 Å². The molecule has 0 fully saturated rings. The van der Waals surface area contributed by atoms with Crippen LogP contribution in [0.25, 0.3) is 5.57 Å². The lowest BCUT2D eigenvalue weighted by atomic mass is 10.0. The van der Waals surface area contributed by atoms with Gasteiger partial charge in [0, 0.05) is 34.9 Å². The number of fused-ring (bicyclic) bond motifs is 1. The first-order valence-electron chi connectivity index (χ1n) is 6.54. The van der Waals surface area contributed by atoms with Gasteiger partial charge in [-0.25, -0.2) is 0 Å². The van der Waals surface area contributed by atoms with E-state index in [0.717, 1.165) is 41.7 Å². The molecule has 0 unspecified atom stereocenters. The van der Waals surface area contributed by atoms with Crippen LogP contribution in [0.2, 0.25) is 0 Å². The van der Waals surface area contributed by atoms with E-state index in [9.17, 15) is 9.59 Å². The Morgan fingerprint density at radius 2 is 2.05 bits per heavy atom. The third-order valence-corrected chi connectivity index (χ3v) is 4.30. The van der Waals surface area contributed by atoms with Crippen molar-refractivity contribution in [3.05, 3.63) is 48.2 Å². The second-order valence-corrected chi connectivity index (χ2v) is 5.58. The Morgan fingerprint density at radius 1 is 1.25 bits per heavy atom. The van der Waals surface area contributed by atoms with Crippen LogP contribution in [0.15, 0.2) is 47.5 Å². The van der Waals surface area contributed by atoms with E-state index in [1.54, 1.807) is 11.8 Å². The number of aldehydes is 2.